The average molecular weight is 278 g/mol. The largest absolute Gasteiger partial charge is 0.358 e. The quantitative estimate of drug-likeness (QED) is 0.680. The summed E-state index contributed by atoms with van der Waals surface area (Å²) in [5.74, 6) is 0.474. The van der Waals surface area contributed by atoms with Gasteiger partial charge < -0.3 is 10.6 Å². The number of carbonyl (C=O) groups excluding carboxylic acids is 1. The van der Waals surface area contributed by atoms with Crippen LogP contribution in [-0.2, 0) is 14.6 Å². The fourth-order valence-corrected chi connectivity index (χ4v) is 2.88. The molecular formula is C12H26N2O3S. The summed E-state index contributed by atoms with van der Waals surface area (Å²) in [6, 6.07) is -0.562. The van der Waals surface area contributed by atoms with Crippen molar-refractivity contribution in [3.05, 3.63) is 0 Å². The van der Waals surface area contributed by atoms with Crippen LogP contribution < -0.4 is 10.6 Å². The second-order valence-corrected chi connectivity index (χ2v) is 7.46. The van der Waals surface area contributed by atoms with Gasteiger partial charge in [0.1, 0.15) is 0 Å². The van der Waals surface area contributed by atoms with Crippen molar-refractivity contribution < 1.29 is 13.2 Å². The van der Waals surface area contributed by atoms with E-state index in [2.05, 4.69) is 10.6 Å². The number of rotatable bonds is 8. The third-order valence-corrected chi connectivity index (χ3v) is 4.59. The van der Waals surface area contributed by atoms with Gasteiger partial charge in [-0.15, -0.1) is 0 Å². The van der Waals surface area contributed by atoms with Crippen molar-refractivity contribution in [1.82, 2.24) is 10.6 Å². The van der Waals surface area contributed by atoms with E-state index in [0.717, 1.165) is 0 Å². The van der Waals surface area contributed by atoms with Crippen molar-refractivity contribution in [2.75, 3.05) is 18.6 Å². The Morgan fingerprint density at radius 3 is 2.17 bits per heavy atom. The first-order valence-corrected chi connectivity index (χ1v) is 8.22. The Morgan fingerprint density at radius 2 is 1.78 bits per heavy atom. The predicted molar refractivity (Wildman–Crippen MR) is 74.2 cm³/mol. The molecule has 0 aliphatic heterocycles. The third kappa shape index (κ3) is 6.96. The van der Waals surface area contributed by atoms with Crippen molar-refractivity contribution in [1.29, 1.82) is 0 Å². The normalized spacial score (nSPS) is 15.4. The lowest BCUT2D eigenvalue weighted by Gasteiger charge is -2.23. The molecule has 2 atom stereocenters. The first-order valence-electron chi connectivity index (χ1n) is 6.39. The maximum absolute atomic E-state index is 11.7. The highest BCUT2D eigenvalue weighted by Crippen LogP contribution is 2.06. The van der Waals surface area contributed by atoms with Crippen LogP contribution in [0.3, 0.4) is 0 Å². The van der Waals surface area contributed by atoms with Gasteiger partial charge in [-0.3, -0.25) is 4.79 Å². The van der Waals surface area contributed by atoms with Crippen LogP contribution in [0.25, 0.3) is 0 Å². The van der Waals surface area contributed by atoms with E-state index in [1.165, 1.54) is 0 Å². The highest BCUT2D eigenvalue weighted by Gasteiger charge is 2.22. The van der Waals surface area contributed by atoms with Crippen molar-refractivity contribution >= 4 is 15.7 Å². The Kier molecular flexibility index (Phi) is 7.47. The van der Waals surface area contributed by atoms with Gasteiger partial charge in [0.2, 0.25) is 5.91 Å². The highest BCUT2D eigenvalue weighted by atomic mass is 32.2. The zero-order chi connectivity index (χ0) is 14.3. The van der Waals surface area contributed by atoms with Crippen LogP contribution in [0.1, 0.15) is 34.1 Å². The number of hydrogen-bond acceptors (Lipinski definition) is 4. The summed E-state index contributed by atoms with van der Waals surface area (Å²) in [6.07, 6.45) is 0.691. The average Bonchev–Trinajstić information content (AvgIpc) is 2.25. The van der Waals surface area contributed by atoms with Crippen LogP contribution in [0, 0.1) is 5.92 Å². The standard InChI is InChI=1S/C12H26N2O3S/c1-6-18(16,17)8-10(4)14-11(7-9(2)3)12(15)13-5/h9-11,14H,6-8H2,1-5H3,(H,13,15). The van der Waals surface area contributed by atoms with Crippen LogP contribution in [0.5, 0.6) is 0 Å². The van der Waals surface area contributed by atoms with E-state index in [1.807, 2.05) is 13.8 Å². The van der Waals surface area contributed by atoms with Crippen LogP contribution in [-0.4, -0.2) is 45.0 Å². The molecule has 0 saturated carbocycles. The molecule has 0 aromatic heterocycles. The van der Waals surface area contributed by atoms with Crippen LogP contribution >= 0.6 is 0 Å². The van der Waals surface area contributed by atoms with Gasteiger partial charge in [0.25, 0.3) is 0 Å². The molecule has 2 N–H and O–H groups in total. The monoisotopic (exact) mass is 278 g/mol. The molecule has 0 radical (unpaired) electrons. The van der Waals surface area contributed by atoms with Gasteiger partial charge in [-0.1, -0.05) is 20.8 Å². The van der Waals surface area contributed by atoms with E-state index in [9.17, 15) is 13.2 Å². The molecule has 0 heterocycles. The van der Waals surface area contributed by atoms with Crippen molar-refractivity contribution in [3.63, 3.8) is 0 Å². The van der Waals surface area contributed by atoms with Crippen molar-refractivity contribution in [3.8, 4) is 0 Å². The van der Waals surface area contributed by atoms with E-state index >= 15 is 0 Å². The lowest BCUT2D eigenvalue weighted by Crippen LogP contribution is -2.49. The fraction of sp³-hybridized carbons (Fsp3) is 0.917. The van der Waals surface area contributed by atoms with E-state index in [-0.39, 0.29) is 29.5 Å². The molecule has 6 heteroatoms. The number of sulfone groups is 1. The molecule has 2 unspecified atom stereocenters. The van der Waals surface area contributed by atoms with Crippen LogP contribution in [0.15, 0.2) is 0 Å². The van der Waals surface area contributed by atoms with Gasteiger partial charge in [0.05, 0.1) is 11.8 Å². The molecule has 0 spiro atoms. The Labute approximate surface area is 111 Å². The van der Waals surface area contributed by atoms with E-state index in [4.69, 9.17) is 0 Å². The number of amides is 1. The molecule has 5 nitrogen and oxygen atoms in total. The van der Waals surface area contributed by atoms with Crippen LogP contribution in [0.2, 0.25) is 0 Å². The molecule has 0 saturated heterocycles. The number of carbonyl (C=O) groups is 1. The van der Waals surface area contributed by atoms with E-state index in [1.54, 1.807) is 20.9 Å². The number of likely N-dealkylation sites (N-methyl/N-ethyl adjacent to an activating group) is 1. The summed E-state index contributed by atoms with van der Waals surface area (Å²) in [7, 11) is -1.43. The molecule has 0 rings (SSSR count). The van der Waals surface area contributed by atoms with Gasteiger partial charge in [-0.2, -0.15) is 0 Å². The molecule has 0 aliphatic carbocycles. The minimum absolute atomic E-state index is 0.0646. The Bertz CT molecular complexity index is 352. The summed E-state index contributed by atoms with van der Waals surface area (Å²) in [5.41, 5.74) is 0. The molecule has 108 valence electrons. The minimum atomic E-state index is -3.02. The topological polar surface area (TPSA) is 75.3 Å². The Balaban J connectivity index is 4.53. The fourth-order valence-electron chi connectivity index (χ4n) is 1.79. The van der Waals surface area contributed by atoms with Gasteiger partial charge in [0.15, 0.2) is 9.84 Å². The molecule has 0 bridgehead atoms. The van der Waals surface area contributed by atoms with Crippen molar-refractivity contribution in [2.24, 2.45) is 5.92 Å². The van der Waals surface area contributed by atoms with Gasteiger partial charge in [0, 0.05) is 18.8 Å². The maximum atomic E-state index is 11.7. The maximum Gasteiger partial charge on any atom is 0.236 e. The molecule has 18 heavy (non-hydrogen) atoms. The Hall–Kier alpha value is -0.620. The minimum Gasteiger partial charge on any atom is -0.358 e. The molecule has 0 fully saturated rings. The lowest BCUT2D eigenvalue weighted by atomic mass is 10.0. The van der Waals surface area contributed by atoms with Gasteiger partial charge in [-0.25, -0.2) is 8.42 Å². The second-order valence-electron chi connectivity index (χ2n) is 5.06. The second kappa shape index (κ2) is 7.74. The molecule has 0 aliphatic rings. The lowest BCUT2D eigenvalue weighted by molar-refractivity contribution is -0.123. The number of nitrogens with one attached hydrogen (secondary N) is 2. The SMILES string of the molecule is CCS(=O)(=O)CC(C)NC(CC(C)C)C(=O)NC. The Morgan fingerprint density at radius 1 is 1.22 bits per heavy atom. The molecular weight excluding hydrogens is 252 g/mol. The highest BCUT2D eigenvalue weighted by molar-refractivity contribution is 7.91. The molecule has 1 amide bonds. The van der Waals surface area contributed by atoms with Crippen LogP contribution in [0.4, 0.5) is 0 Å². The molecule has 0 aromatic carbocycles. The molecule has 0 aromatic rings. The summed E-state index contributed by atoms with van der Waals surface area (Å²) < 4.78 is 23.0. The predicted octanol–water partition coefficient (Wildman–Crippen LogP) is 0.560. The summed E-state index contributed by atoms with van der Waals surface area (Å²) in [4.78, 5) is 11.7. The smallest absolute Gasteiger partial charge is 0.236 e. The summed E-state index contributed by atoms with van der Waals surface area (Å²) in [5, 5.41) is 5.70. The summed E-state index contributed by atoms with van der Waals surface area (Å²) in [6.45, 7) is 7.49. The van der Waals surface area contributed by atoms with E-state index < -0.39 is 9.84 Å². The van der Waals surface area contributed by atoms with Gasteiger partial charge >= 0.3 is 0 Å². The van der Waals surface area contributed by atoms with Crippen molar-refractivity contribution in [2.45, 2.75) is 46.2 Å². The number of hydrogen-bond donors (Lipinski definition) is 2. The van der Waals surface area contributed by atoms with Gasteiger partial charge in [-0.05, 0) is 19.3 Å². The zero-order valence-corrected chi connectivity index (χ0v) is 12.8. The zero-order valence-electron chi connectivity index (χ0n) is 12.0. The first-order chi connectivity index (χ1) is 8.21. The van der Waals surface area contributed by atoms with E-state index in [0.29, 0.717) is 12.3 Å². The first kappa shape index (κ1) is 17.4. The summed E-state index contributed by atoms with van der Waals surface area (Å²) >= 11 is 0. The third-order valence-electron chi connectivity index (χ3n) is 2.70.